The van der Waals surface area contributed by atoms with Gasteiger partial charge in [0.25, 0.3) is 0 Å². The summed E-state index contributed by atoms with van der Waals surface area (Å²) >= 11 is 0. The Morgan fingerprint density at radius 1 is 1.29 bits per heavy atom. The summed E-state index contributed by atoms with van der Waals surface area (Å²) in [6.07, 6.45) is 0. The fourth-order valence-corrected chi connectivity index (χ4v) is 3.93. The molecule has 1 saturated heterocycles. The average Bonchev–Trinajstić information content (AvgIpc) is 2.18. The minimum atomic E-state index is -2.97. The van der Waals surface area contributed by atoms with Crippen molar-refractivity contribution in [3.63, 3.8) is 0 Å². The van der Waals surface area contributed by atoms with Crippen molar-refractivity contribution in [1.29, 1.82) is 0 Å². The summed E-state index contributed by atoms with van der Waals surface area (Å²) in [7, 11) is -2.97. The van der Waals surface area contributed by atoms with E-state index in [1.807, 2.05) is 32.0 Å². The molecule has 1 aliphatic heterocycles. The van der Waals surface area contributed by atoms with E-state index in [2.05, 4.69) is 5.32 Å². The topological polar surface area (TPSA) is 46.2 Å². The third kappa shape index (κ3) is 3.30. The van der Waals surface area contributed by atoms with Gasteiger partial charge in [-0.1, -0.05) is 23.8 Å². The van der Waals surface area contributed by atoms with Crippen molar-refractivity contribution in [2.75, 3.05) is 18.8 Å². The molecule has 94 valence electrons. The van der Waals surface area contributed by atoms with E-state index in [0.717, 1.165) is 29.8 Å². The van der Waals surface area contributed by atoms with E-state index in [1.54, 1.807) is 0 Å². The Morgan fingerprint density at radius 2 is 2.00 bits per heavy atom. The van der Waals surface area contributed by atoms with Gasteiger partial charge in [0.15, 0.2) is 9.84 Å². The van der Waals surface area contributed by atoms with E-state index in [-0.39, 0.29) is 5.75 Å². The number of sulfone groups is 1. The standard InChI is InChI=1S/C13H19NO2S/c1-10-3-4-11(2)13(5-10)9-17(15,16)8-12-6-14-7-12/h3-5,12,14H,6-9H2,1-2H3. The molecule has 1 aromatic rings. The van der Waals surface area contributed by atoms with Gasteiger partial charge in [-0.15, -0.1) is 0 Å². The second kappa shape index (κ2) is 4.78. The number of aryl methyl sites for hydroxylation is 2. The molecule has 0 unspecified atom stereocenters. The number of benzene rings is 1. The second-order valence-electron chi connectivity index (χ2n) is 5.01. The quantitative estimate of drug-likeness (QED) is 0.883. The van der Waals surface area contributed by atoms with E-state index < -0.39 is 9.84 Å². The smallest absolute Gasteiger partial charge is 0.154 e. The number of hydrogen-bond acceptors (Lipinski definition) is 3. The van der Waals surface area contributed by atoms with Crippen LogP contribution in [0.5, 0.6) is 0 Å². The minimum absolute atomic E-state index is 0.178. The molecule has 0 aromatic heterocycles. The van der Waals surface area contributed by atoms with Gasteiger partial charge in [0, 0.05) is 13.1 Å². The van der Waals surface area contributed by atoms with Crippen molar-refractivity contribution in [2.24, 2.45) is 5.92 Å². The van der Waals surface area contributed by atoms with Gasteiger partial charge >= 0.3 is 0 Å². The Labute approximate surface area is 103 Å². The van der Waals surface area contributed by atoms with Crippen LogP contribution in [0, 0.1) is 19.8 Å². The van der Waals surface area contributed by atoms with Crippen molar-refractivity contribution in [2.45, 2.75) is 19.6 Å². The minimum Gasteiger partial charge on any atom is -0.316 e. The van der Waals surface area contributed by atoms with Crippen molar-refractivity contribution < 1.29 is 8.42 Å². The Balaban J connectivity index is 2.10. The van der Waals surface area contributed by atoms with Crippen LogP contribution >= 0.6 is 0 Å². The van der Waals surface area contributed by atoms with Crippen molar-refractivity contribution in [3.05, 3.63) is 34.9 Å². The Bertz CT molecular complexity index is 504. The summed E-state index contributed by atoms with van der Waals surface area (Å²) in [5.41, 5.74) is 3.12. The summed E-state index contributed by atoms with van der Waals surface area (Å²) in [6, 6.07) is 5.98. The van der Waals surface area contributed by atoms with Crippen molar-refractivity contribution in [3.8, 4) is 0 Å². The van der Waals surface area contributed by atoms with Crippen LogP contribution < -0.4 is 5.32 Å². The zero-order chi connectivity index (χ0) is 12.5. The maximum absolute atomic E-state index is 12.0. The van der Waals surface area contributed by atoms with Crippen LogP contribution in [0.2, 0.25) is 0 Å². The molecule has 0 amide bonds. The van der Waals surface area contributed by atoms with Gasteiger partial charge in [0.1, 0.15) is 0 Å². The van der Waals surface area contributed by atoms with Gasteiger partial charge < -0.3 is 5.32 Å². The second-order valence-corrected chi connectivity index (χ2v) is 7.12. The molecule has 1 fully saturated rings. The van der Waals surface area contributed by atoms with Crippen LogP contribution in [0.1, 0.15) is 16.7 Å². The highest BCUT2D eigenvalue weighted by molar-refractivity contribution is 7.90. The SMILES string of the molecule is Cc1ccc(C)c(CS(=O)(=O)CC2CNC2)c1. The molecule has 1 N–H and O–H groups in total. The Hall–Kier alpha value is -0.870. The lowest BCUT2D eigenvalue weighted by atomic mass is 10.1. The summed E-state index contributed by atoms with van der Waals surface area (Å²) in [5, 5.41) is 3.10. The van der Waals surface area contributed by atoms with Crippen molar-refractivity contribution in [1.82, 2.24) is 5.32 Å². The molecule has 0 saturated carbocycles. The summed E-state index contributed by atoms with van der Waals surface area (Å²) in [4.78, 5) is 0. The van der Waals surface area contributed by atoms with Gasteiger partial charge in [-0.2, -0.15) is 0 Å². The maximum atomic E-state index is 12.0. The predicted molar refractivity (Wildman–Crippen MR) is 69.8 cm³/mol. The summed E-state index contributed by atoms with van der Waals surface area (Å²) in [5.74, 6) is 0.801. The Kier molecular flexibility index (Phi) is 3.54. The monoisotopic (exact) mass is 253 g/mol. The normalized spacial score (nSPS) is 16.8. The lowest BCUT2D eigenvalue weighted by Gasteiger charge is -2.26. The molecule has 2 rings (SSSR count). The average molecular weight is 253 g/mol. The van der Waals surface area contributed by atoms with Gasteiger partial charge in [0.2, 0.25) is 0 Å². The number of nitrogens with one attached hydrogen (secondary N) is 1. The fraction of sp³-hybridized carbons (Fsp3) is 0.538. The van der Waals surface area contributed by atoms with Crippen LogP contribution in [-0.2, 0) is 15.6 Å². The molecule has 1 aliphatic rings. The first kappa shape index (κ1) is 12.6. The lowest BCUT2D eigenvalue weighted by Crippen LogP contribution is -2.45. The lowest BCUT2D eigenvalue weighted by molar-refractivity contribution is 0.378. The summed E-state index contributed by atoms with van der Waals surface area (Å²) in [6.45, 7) is 5.64. The zero-order valence-corrected chi connectivity index (χ0v) is 11.2. The highest BCUT2D eigenvalue weighted by atomic mass is 32.2. The molecular weight excluding hydrogens is 234 g/mol. The molecule has 1 heterocycles. The molecule has 0 bridgehead atoms. The highest BCUT2D eigenvalue weighted by Crippen LogP contribution is 2.17. The fourth-order valence-electron chi connectivity index (χ4n) is 2.08. The largest absolute Gasteiger partial charge is 0.316 e. The zero-order valence-electron chi connectivity index (χ0n) is 10.4. The summed E-state index contributed by atoms with van der Waals surface area (Å²) < 4.78 is 24.1. The Morgan fingerprint density at radius 3 is 2.59 bits per heavy atom. The van der Waals surface area contributed by atoms with Gasteiger partial charge in [-0.25, -0.2) is 8.42 Å². The van der Waals surface area contributed by atoms with Crippen molar-refractivity contribution >= 4 is 9.84 Å². The predicted octanol–water partition coefficient (Wildman–Crippen LogP) is 1.44. The maximum Gasteiger partial charge on any atom is 0.154 e. The van der Waals surface area contributed by atoms with E-state index in [0.29, 0.717) is 11.7 Å². The molecule has 1 aromatic carbocycles. The van der Waals surface area contributed by atoms with E-state index in [4.69, 9.17) is 0 Å². The van der Waals surface area contributed by atoms with Crippen LogP contribution in [-0.4, -0.2) is 27.3 Å². The van der Waals surface area contributed by atoms with Gasteiger partial charge in [0.05, 0.1) is 11.5 Å². The van der Waals surface area contributed by atoms with Crippen LogP contribution in [0.3, 0.4) is 0 Å². The first-order valence-corrected chi connectivity index (χ1v) is 7.76. The molecule has 0 spiro atoms. The first-order valence-electron chi connectivity index (χ1n) is 5.93. The molecule has 0 aliphatic carbocycles. The highest BCUT2D eigenvalue weighted by Gasteiger charge is 2.24. The van der Waals surface area contributed by atoms with Gasteiger partial charge in [-0.05, 0) is 30.9 Å². The molecule has 4 heteroatoms. The molecule has 17 heavy (non-hydrogen) atoms. The van der Waals surface area contributed by atoms with E-state index in [1.165, 1.54) is 0 Å². The molecule has 3 nitrogen and oxygen atoms in total. The molecule has 0 atom stereocenters. The van der Waals surface area contributed by atoms with E-state index in [9.17, 15) is 8.42 Å². The molecule has 0 radical (unpaired) electrons. The van der Waals surface area contributed by atoms with Crippen LogP contribution in [0.25, 0.3) is 0 Å². The van der Waals surface area contributed by atoms with E-state index >= 15 is 0 Å². The third-order valence-corrected chi connectivity index (χ3v) is 4.97. The number of hydrogen-bond donors (Lipinski definition) is 1. The van der Waals surface area contributed by atoms with Crippen LogP contribution in [0.4, 0.5) is 0 Å². The third-order valence-electron chi connectivity index (χ3n) is 3.24. The molecular formula is C13H19NO2S. The van der Waals surface area contributed by atoms with Gasteiger partial charge in [-0.3, -0.25) is 0 Å². The first-order chi connectivity index (χ1) is 7.96. The number of rotatable bonds is 4. The van der Waals surface area contributed by atoms with Crippen LogP contribution in [0.15, 0.2) is 18.2 Å².